The second-order valence-corrected chi connectivity index (χ2v) is 8.33. The highest BCUT2D eigenvalue weighted by atomic mass is 16.5. The van der Waals surface area contributed by atoms with E-state index in [1.807, 2.05) is 65.6 Å². The van der Waals surface area contributed by atoms with Gasteiger partial charge in [-0.15, -0.1) is 0 Å². The van der Waals surface area contributed by atoms with Crippen LogP contribution < -0.4 is 5.32 Å². The SMILES string of the molecule is O=C(CN1CCN(C(C(=O)N2CCOCC2)c2ccccc2)CC1)NCc1ccccc1. The van der Waals surface area contributed by atoms with E-state index in [-0.39, 0.29) is 17.9 Å². The number of benzene rings is 2. The maximum Gasteiger partial charge on any atom is 0.244 e. The number of ether oxygens (including phenoxy) is 1. The van der Waals surface area contributed by atoms with Gasteiger partial charge < -0.3 is 15.0 Å². The van der Waals surface area contributed by atoms with E-state index in [1.54, 1.807) is 0 Å². The molecule has 1 unspecified atom stereocenters. The molecule has 7 nitrogen and oxygen atoms in total. The van der Waals surface area contributed by atoms with Crippen LogP contribution in [0, 0.1) is 0 Å². The fourth-order valence-corrected chi connectivity index (χ4v) is 4.34. The van der Waals surface area contributed by atoms with E-state index in [4.69, 9.17) is 4.74 Å². The van der Waals surface area contributed by atoms with Crippen LogP contribution in [0.25, 0.3) is 0 Å². The van der Waals surface area contributed by atoms with Crippen molar-refractivity contribution in [1.29, 1.82) is 0 Å². The summed E-state index contributed by atoms with van der Waals surface area (Å²) in [5.74, 6) is 0.180. The lowest BCUT2D eigenvalue weighted by Crippen LogP contribution is -2.54. The number of hydrogen-bond acceptors (Lipinski definition) is 5. The minimum Gasteiger partial charge on any atom is -0.378 e. The summed E-state index contributed by atoms with van der Waals surface area (Å²) in [6.45, 7) is 6.43. The molecule has 0 aliphatic carbocycles. The summed E-state index contributed by atoms with van der Waals surface area (Å²) in [6.07, 6.45) is 0. The molecule has 2 saturated heterocycles. The standard InChI is InChI=1S/C25H32N4O3/c30-23(26-19-21-7-3-1-4-8-21)20-27-11-13-28(14-12-27)24(22-9-5-2-6-10-22)25(31)29-15-17-32-18-16-29/h1-10,24H,11-20H2,(H,26,30). The van der Waals surface area contributed by atoms with Gasteiger partial charge in [0.15, 0.2) is 0 Å². The van der Waals surface area contributed by atoms with E-state index in [0.29, 0.717) is 39.4 Å². The van der Waals surface area contributed by atoms with Gasteiger partial charge in [0.05, 0.1) is 19.8 Å². The van der Waals surface area contributed by atoms with Gasteiger partial charge in [-0.1, -0.05) is 60.7 Å². The Morgan fingerprint density at radius 3 is 2.12 bits per heavy atom. The first-order valence-corrected chi connectivity index (χ1v) is 11.4. The Bertz CT molecular complexity index is 863. The van der Waals surface area contributed by atoms with Gasteiger partial charge >= 0.3 is 0 Å². The van der Waals surface area contributed by atoms with Crippen LogP contribution in [0.3, 0.4) is 0 Å². The summed E-state index contributed by atoms with van der Waals surface area (Å²) in [4.78, 5) is 32.2. The molecule has 4 rings (SSSR count). The molecule has 0 saturated carbocycles. The van der Waals surface area contributed by atoms with Crippen molar-refractivity contribution in [3.63, 3.8) is 0 Å². The first kappa shape index (κ1) is 22.5. The number of piperazine rings is 1. The zero-order chi connectivity index (χ0) is 22.2. The second-order valence-electron chi connectivity index (χ2n) is 8.33. The number of morpholine rings is 1. The average molecular weight is 437 g/mol. The molecule has 32 heavy (non-hydrogen) atoms. The van der Waals surface area contributed by atoms with Crippen molar-refractivity contribution in [1.82, 2.24) is 20.0 Å². The van der Waals surface area contributed by atoms with Gasteiger partial charge in [-0.25, -0.2) is 0 Å². The molecule has 0 bridgehead atoms. The molecule has 2 aromatic rings. The molecule has 7 heteroatoms. The minimum absolute atomic E-state index is 0.0336. The Morgan fingerprint density at radius 1 is 0.844 bits per heavy atom. The lowest BCUT2D eigenvalue weighted by Gasteiger charge is -2.40. The van der Waals surface area contributed by atoms with E-state index >= 15 is 0 Å². The molecule has 2 fully saturated rings. The molecule has 2 aliphatic rings. The quantitative estimate of drug-likeness (QED) is 0.713. The summed E-state index contributed by atoms with van der Waals surface area (Å²) in [5, 5.41) is 3.00. The molecule has 2 aromatic carbocycles. The molecule has 1 atom stereocenters. The molecule has 1 N–H and O–H groups in total. The average Bonchev–Trinajstić information content (AvgIpc) is 2.86. The first-order chi connectivity index (χ1) is 15.7. The van der Waals surface area contributed by atoms with Gasteiger partial charge in [0.1, 0.15) is 6.04 Å². The maximum absolute atomic E-state index is 13.4. The third-order valence-electron chi connectivity index (χ3n) is 6.14. The molecule has 2 amide bonds. The Hall–Kier alpha value is -2.74. The zero-order valence-corrected chi connectivity index (χ0v) is 18.5. The van der Waals surface area contributed by atoms with Gasteiger partial charge in [-0.2, -0.15) is 0 Å². The predicted octanol–water partition coefficient (Wildman–Crippen LogP) is 1.52. The number of carbonyl (C=O) groups is 2. The van der Waals surface area contributed by atoms with Crippen LogP contribution in [0.2, 0.25) is 0 Å². The number of nitrogens with zero attached hydrogens (tertiary/aromatic N) is 3. The Kier molecular flexibility index (Phi) is 7.87. The van der Waals surface area contributed by atoms with Crippen LogP contribution >= 0.6 is 0 Å². The van der Waals surface area contributed by atoms with Gasteiger partial charge in [0.25, 0.3) is 0 Å². The van der Waals surface area contributed by atoms with Crippen LogP contribution in [-0.4, -0.2) is 85.5 Å². The van der Waals surface area contributed by atoms with Crippen LogP contribution in [0.1, 0.15) is 17.2 Å². The normalized spacial score (nSPS) is 18.8. The van der Waals surface area contributed by atoms with Crippen molar-refractivity contribution in [2.45, 2.75) is 12.6 Å². The van der Waals surface area contributed by atoms with E-state index in [0.717, 1.165) is 37.3 Å². The summed E-state index contributed by atoms with van der Waals surface area (Å²) in [5.41, 5.74) is 2.12. The largest absolute Gasteiger partial charge is 0.378 e. The van der Waals surface area contributed by atoms with Crippen LogP contribution in [0.5, 0.6) is 0 Å². The Labute approximate surface area is 189 Å². The number of rotatable bonds is 7. The van der Waals surface area contributed by atoms with Gasteiger partial charge in [0, 0.05) is 45.8 Å². The van der Waals surface area contributed by atoms with Gasteiger partial charge in [-0.05, 0) is 11.1 Å². The summed E-state index contributed by atoms with van der Waals surface area (Å²) >= 11 is 0. The molecular formula is C25H32N4O3. The molecular weight excluding hydrogens is 404 g/mol. The number of amides is 2. The Balaban J connectivity index is 1.32. The molecule has 2 heterocycles. The lowest BCUT2D eigenvalue weighted by atomic mass is 10.0. The van der Waals surface area contributed by atoms with Crippen molar-refractivity contribution in [3.8, 4) is 0 Å². The van der Waals surface area contributed by atoms with E-state index in [1.165, 1.54) is 0 Å². The van der Waals surface area contributed by atoms with Crippen molar-refractivity contribution < 1.29 is 14.3 Å². The number of hydrogen-bond donors (Lipinski definition) is 1. The monoisotopic (exact) mass is 436 g/mol. The fraction of sp³-hybridized carbons (Fsp3) is 0.440. The molecule has 0 spiro atoms. The highest BCUT2D eigenvalue weighted by molar-refractivity contribution is 5.83. The number of carbonyl (C=O) groups excluding carboxylic acids is 2. The van der Waals surface area contributed by atoms with Gasteiger partial charge in [-0.3, -0.25) is 19.4 Å². The van der Waals surface area contributed by atoms with Crippen molar-refractivity contribution >= 4 is 11.8 Å². The third-order valence-corrected chi connectivity index (χ3v) is 6.14. The lowest BCUT2D eigenvalue weighted by molar-refractivity contribution is -0.142. The third kappa shape index (κ3) is 5.94. The second kappa shape index (κ2) is 11.2. The van der Waals surface area contributed by atoms with E-state index in [2.05, 4.69) is 15.1 Å². The fourth-order valence-electron chi connectivity index (χ4n) is 4.34. The van der Waals surface area contributed by atoms with E-state index < -0.39 is 0 Å². The smallest absolute Gasteiger partial charge is 0.244 e. The molecule has 0 aromatic heterocycles. The zero-order valence-electron chi connectivity index (χ0n) is 18.5. The van der Waals surface area contributed by atoms with Gasteiger partial charge in [0.2, 0.25) is 11.8 Å². The maximum atomic E-state index is 13.4. The summed E-state index contributed by atoms with van der Waals surface area (Å²) in [7, 11) is 0. The topological polar surface area (TPSA) is 65.1 Å². The summed E-state index contributed by atoms with van der Waals surface area (Å²) < 4.78 is 5.43. The molecule has 170 valence electrons. The molecule has 0 radical (unpaired) electrons. The van der Waals surface area contributed by atoms with Crippen molar-refractivity contribution in [2.75, 3.05) is 59.0 Å². The summed E-state index contributed by atoms with van der Waals surface area (Å²) in [6, 6.07) is 19.7. The first-order valence-electron chi connectivity index (χ1n) is 11.4. The highest BCUT2D eigenvalue weighted by Gasteiger charge is 2.34. The highest BCUT2D eigenvalue weighted by Crippen LogP contribution is 2.25. The van der Waals surface area contributed by atoms with E-state index in [9.17, 15) is 9.59 Å². The van der Waals surface area contributed by atoms with Crippen LogP contribution in [0.15, 0.2) is 60.7 Å². The van der Waals surface area contributed by atoms with Crippen molar-refractivity contribution in [2.24, 2.45) is 0 Å². The Morgan fingerprint density at radius 2 is 1.47 bits per heavy atom. The van der Waals surface area contributed by atoms with Crippen LogP contribution in [-0.2, 0) is 20.9 Å². The molecule has 2 aliphatic heterocycles. The predicted molar refractivity (Wildman–Crippen MR) is 123 cm³/mol. The van der Waals surface area contributed by atoms with Crippen LogP contribution in [0.4, 0.5) is 0 Å². The number of nitrogens with one attached hydrogen (secondary N) is 1. The van der Waals surface area contributed by atoms with Crippen molar-refractivity contribution in [3.05, 3.63) is 71.8 Å². The minimum atomic E-state index is -0.289.